The lowest BCUT2D eigenvalue weighted by atomic mass is 9.68. The molecule has 206 valence electrons. The quantitative estimate of drug-likeness (QED) is 0.377. The van der Waals surface area contributed by atoms with Crippen LogP contribution in [0.2, 0.25) is 0 Å². The number of carboxylic acid groups (broad SMARTS) is 1. The normalized spacial score (nSPS) is 24.5. The molecule has 9 heteroatoms. The summed E-state index contributed by atoms with van der Waals surface area (Å²) in [5.74, 6) is -0.737. The number of methoxy groups -OCH3 is 1. The van der Waals surface area contributed by atoms with Gasteiger partial charge in [0.1, 0.15) is 17.5 Å². The lowest BCUT2D eigenvalue weighted by Crippen LogP contribution is -2.69. The molecular weight excluding hydrogens is 509 g/mol. The van der Waals surface area contributed by atoms with E-state index in [9.17, 15) is 23.1 Å². The Labute approximate surface area is 225 Å². The lowest BCUT2D eigenvalue weighted by Gasteiger charge is -2.56. The molecule has 3 aliphatic rings. The fourth-order valence-electron chi connectivity index (χ4n) is 6.33. The Morgan fingerprint density at radius 1 is 1.05 bits per heavy atom. The van der Waals surface area contributed by atoms with E-state index in [0.717, 1.165) is 17.5 Å². The number of benzene rings is 3. The number of nitrogens with one attached hydrogen (secondary N) is 1. The molecule has 2 bridgehead atoms. The van der Waals surface area contributed by atoms with Crippen LogP contribution in [-0.2, 0) is 11.3 Å². The summed E-state index contributed by atoms with van der Waals surface area (Å²) < 4.78 is 48.2. The molecule has 6 rings (SSSR count). The van der Waals surface area contributed by atoms with Crippen molar-refractivity contribution < 1.29 is 32.5 Å². The Morgan fingerprint density at radius 2 is 1.69 bits per heavy atom. The van der Waals surface area contributed by atoms with Gasteiger partial charge in [0.15, 0.2) is 0 Å². The minimum atomic E-state index is -4.80. The van der Waals surface area contributed by atoms with Crippen LogP contribution in [0.3, 0.4) is 0 Å². The van der Waals surface area contributed by atoms with E-state index in [1.54, 1.807) is 0 Å². The van der Waals surface area contributed by atoms with Gasteiger partial charge < -0.3 is 19.9 Å². The third-order valence-corrected chi connectivity index (χ3v) is 7.90. The molecule has 0 spiro atoms. The van der Waals surface area contributed by atoms with Crippen LogP contribution >= 0.6 is 0 Å². The number of hydrogen-bond acceptors (Lipinski definition) is 5. The van der Waals surface area contributed by atoms with Crippen molar-refractivity contribution in [2.75, 3.05) is 13.7 Å². The number of carboxylic acids is 1. The first-order chi connectivity index (χ1) is 18.7. The minimum Gasteiger partial charge on any atom is -0.496 e. The van der Waals surface area contributed by atoms with E-state index in [1.165, 1.54) is 25.3 Å². The number of aliphatic carboxylic acids is 1. The van der Waals surface area contributed by atoms with Gasteiger partial charge in [-0.25, -0.2) is 0 Å². The second-order valence-electron chi connectivity index (χ2n) is 10.1. The van der Waals surface area contributed by atoms with Crippen LogP contribution in [0, 0.1) is 5.92 Å². The van der Waals surface area contributed by atoms with Crippen molar-refractivity contribution >= 4 is 5.97 Å². The van der Waals surface area contributed by atoms with Gasteiger partial charge in [0.05, 0.1) is 7.11 Å². The highest BCUT2D eigenvalue weighted by molar-refractivity contribution is 5.74. The molecule has 0 amide bonds. The van der Waals surface area contributed by atoms with Crippen molar-refractivity contribution in [2.24, 2.45) is 5.92 Å². The van der Waals surface area contributed by atoms with Crippen molar-refractivity contribution in [3.63, 3.8) is 0 Å². The predicted octanol–water partition coefficient (Wildman–Crippen LogP) is 5.43. The summed E-state index contributed by atoms with van der Waals surface area (Å²) >= 11 is 0. The first-order valence-electron chi connectivity index (χ1n) is 13.0. The van der Waals surface area contributed by atoms with Gasteiger partial charge in [0.2, 0.25) is 0 Å². The number of nitrogens with zero attached hydrogens (tertiary/aromatic N) is 1. The highest BCUT2D eigenvalue weighted by atomic mass is 19.4. The van der Waals surface area contributed by atoms with Crippen molar-refractivity contribution in [3.05, 3.63) is 95.6 Å². The SMILES string of the molecule is COc1ccc(OC(F)(F)F)cc1CN[C@H]1[C@H]2CCN(C(C(=O)O)C2)[C@H]1C(c1ccccc1)c1ccccc1. The Bertz CT molecular complexity index is 1230. The zero-order valence-corrected chi connectivity index (χ0v) is 21.5. The van der Waals surface area contributed by atoms with E-state index in [4.69, 9.17) is 4.74 Å². The summed E-state index contributed by atoms with van der Waals surface area (Å²) in [6.07, 6.45) is -3.46. The van der Waals surface area contributed by atoms with E-state index in [2.05, 4.69) is 39.2 Å². The highest BCUT2D eigenvalue weighted by Crippen LogP contribution is 2.45. The van der Waals surface area contributed by atoms with Crippen molar-refractivity contribution in [1.29, 1.82) is 0 Å². The molecule has 2 unspecified atom stereocenters. The Hall–Kier alpha value is -3.56. The van der Waals surface area contributed by atoms with E-state index in [1.807, 2.05) is 36.4 Å². The molecule has 5 atom stereocenters. The third-order valence-electron chi connectivity index (χ3n) is 7.90. The second kappa shape index (κ2) is 11.3. The summed E-state index contributed by atoms with van der Waals surface area (Å²) in [7, 11) is 1.47. The van der Waals surface area contributed by atoms with Gasteiger partial charge in [-0.15, -0.1) is 13.2 Å². The smallest absolute Gasteiger partial charge is 0.496 e. The Morgan fingerprint density at radius 3 is 2.26 bits per heavy atom. The molecule has 6 nitrogen and oxygen atoms in total. The van der Waals surface area contributed by atoms with Crippen LogP contribution in [-0.4, -0.2) is 54.1 Å². The number of carbonyl (C=O) groups is 1. The average molecular weight is 541 g/mol. The van der Waals surface area contributed by atoms with E-state index in [-0.39, 0.29) is 36.2 Å². The molecule has 0 aliphatic carbocycles. The van der Waals surface area contributed by atoms with Crippen molar-refractivity contribution in [1.82, 2.24) is 10.2 Å². The van der Waals surface area contributed by atoms with Crippen LogP contribution in [0.5, 0.6) is 11.5 Å². The average Bonchev–Trinajstić information content (AvgIpc) is 2.93. The van der Waals surface area contributed by atoms with Gasteiger partial charge >= 0.3 is 12.3 Å². The molecule has 3 fully saturated rings. The maximum absolute atomic E-state index is 12.9. The molecule has 3 aromatic carbocycles. The topological polar surface area (TPSA) is 71.0 Å². The van der Waals surface area contributed by atoms with E-state index in [0.29, 0.717) is 24.3 Å². The van der Waals surface area contributed by atoms with Crippen LogP contribution in [0.15, 0.2) is 78.9 Å². The van der Waals surface area contributed by atoms with Gasteiger partial charge in [-0.2, -0.15) is 0 Å². The highest BCUT2D eigenvalue weighted by Gasteiger charge is 2.52. The number of ether oxygens (including phenoxy) is 2. The molecule has 3 heterocycles. The molecule has 3 aliphatic heterocycles. The summed E-state index contributed by atoms with van der Waals surface area (Å²) in [5, 5.41) is 13.7. The maximum Gasteiger partial charge on any atom is 0.573 e. The molecule has 0 radical (unpaired) electrons. The van der Waals surface area contributed by atoms with Gasteiger partial charge in [0.25, 0.3) is 0 Å². The lowest BCUT2D eigenvalue weighted by molar-refractivity contribution is -0.274. The predicted molar refractivity (Wildman–Crippen MR) is 140 cm³/mol. The third kappa shape index (κ3) is 5.89. The molecule has 2 N–H and O–H groups in total. The van der Waals surface area contributed by atoms with Gasteiger partial charge in [-0.05, 0) is 54.6 Å². The number of hydrogen-bond donors (Lipinski definition) is 2. The number of fused-ring (bicyclic) bond motifs is 3. The summed E-state index contributed by atoms with van der Waals surface area (Å²) in [4.78, 5) is 14.4. The van der Waals surface area contributed by atoms with Gasteiger partial charge in [-0.3, -0.25) is 9.69 Å². The Kier molecular flexibility index (Phi) is 7.81. The number of alkyl halides is 3. The van der Waals surface area contributed by atoms with Crippen LogP contribution in [0.4, 0.5) is 13.2 Å². The van der Waals surface area contributed by atoms with Gasteiger partial charge in [-0.1, -0.05) is 60.7 Å². The number of rotatable bonds is 9. The second-order valence-corrected chi connectivity index (χ2v) is 10.1. The molecule has 39 heavy (non-hydrogen) atoms. The van der Waals surface area contributed by atoms with E-state index >= 15 is 0 Å². The Balaban J connectivity index is 1.52. The molecule has 0 saturated carbocycles. The standard InChI is InChI=1S/C30H31F3N2O4/c1-38-25-13-12-23(39-30(31,32)33)16-22(25)18-34-27-21-14-15-35(24(17-21)29(36)37)28(27)26(19-8-4-2-5-9-19)20-10-6-3-7-11-20/h2-13,16,21,24,26-28,34H,14-15,17-18H2,1H3,(H,36,37)/t21-,24?,27-,28-/m0/s1. The largest absolute Gasteiger partial charge is 0.573 e. The molecular formula is C30H31F3N2O4. The number of halogens is 3. The zero-order chi connectivity index (χ0) is 27.6. The summed E-state index contributed by atoms with van der Waals surface area (Å²) in [5.41, 5.74) is 2.69. The maximum atomic E-state index is 12.9. The minimum absolute atomic E-state index is 0.0802. The molecule has 0 aromatic heterocycles. The fourth-order valence-corrected chi connectivity index (χ4v) is 6.33. The number of piperidine rings is 3. The van der Waals surface area contributed by atoms with Crippen LogP contribution in [0.1, 0.15) is 35.4 Å². The monoisotopic (exact) mass is 540 g/mol. The van der Waals surface area contributed by atoms with Crippen molar-refractivity contribution in [3.8, 4) is 11.5 Å². The summed E-state index contributed by atoms with van der Waals surface area (Å²) in [6.45, 7) is 0.899. The summed E-state index contributed by atoms with van der Waals surface area (Å²) in [6, 6.07) is 23.2. The van der Waals surface area contributed by atoms with Crippen LogP contribution < -0.4 is 14.8 Å². The van der Waals surface area contributed by atoms with Gasteiger partial charge in [0, 0.05) is 30.1 Å². The van der Waals surface area contributed by atoms with E-state index < -0.39 is 18.4 Å². The van der Waals surface area contributed by atoms with Crippen molar-refractivity contribution in [2.45, 2.75) is 49.8 Å². The first kappa shape index (κ1) is 27.0. The van der Waals surface area contributed by atoms with Crippen LogP contribution in [0.25, 0.3) is 0 Å². The molecule has 3 saturated heterocycles. The first-order valence-corrected chi connectivity index (χ1v) is 13.0. The fraction of sp³-hybridized carbons (Fsp3) is 0.367. The molecule has 3 aromatic rings. The zero-order valence-electron chi connectivity index (χ0n) is 21.5.